The second-order valence-electron chi connectivity index (χ2n) is 7.10. The van der Waals surface area contributed by atoms with Crippen molar-refractivity contribution >= 4 is 10.8 Å². The van der Waals surface area contributed by atoms with E-state index in [1.54, 1.807) is 0 Å². The van der Waals surface area contributed by atoms with E-state index < -0.39 is 0 Å². The van der Waals surface area contributed by atoms with Crippen LogP contribution in [0.4, 0.5) is 0 Å². The van der Waals surface area contributed by atoms with Crippen molar-refractivity contribution in [2.24, 2.45) is 7.05 Å². The predicted molar refractivity (Wildman–Crippen MR) is 99.0 cm³/mol. The molecule has 0 amide bonds. The minimum absolute atomic E-state index is 0.641. The number of benzene rings is 1. The van der Waals surface area contributed by atoms with E-state index in [1.807, 2.05) is 19.3 Å². The number of rotatable bonds is 2. The molecule has 2 nitrogen and oxygen atoms in total. The van der Waals surface area contributed by atoms with Crippen LogP contribution in [0, 0.1) is 13.8 Å². The Morgan fingerprint density at radius 2 is 1.96 bits per heavy atom. The molecule has 1 aliphatic carbocycles. The first-order valence-corrected chi connectivity index (χ1v) is 8.91. The highest BCUT2D eigenvalue weighted by atomic mass is 14.9. The monoisotopic (exact) mass is 318 g/mol. The molecule has 0 atom stereocenters. The molecule has 2 heteroatoms. The van der Waals surface area contributed by atoms with Gasteiger partial charge in [-0.15, -0.1) is 0 Å². The van der Waals surface area contributed by atoms with Crippen LogP contribution in [0.25, 0.3) is 22.0 Å². The largest absolute Gasteiger partial charge is 0.264 e. The van der Waals surface area contributed by atoms with Crippen LogP contribution >= 0.6 is 0 Å². The minimum atomic E-state index is 0.641. The predicted octanol–water partition coefficient (Wildman–Crippen LogP) is 5.00. The first kappa shape index (κ1) is 14.2. The fourth-order valence-corrected chi connectivity index (χ4v) is 4.05. The Morgan fingerprint density at radius 3 is 2.71 bits per heavy atom. The van der Waals surface area contributed by atoms with Gasteiger partial charge in [0.05, 0.1) is 12.3 Å². The van der Waals surface area contributed by atoms with Gasteiger partial charge in [-0.25, -0.2) is 0 Å². The van der Waals surface area contributed by atoms with Crippen LogP contribution in [-0.2, 0) is 7.05 Å². The van der Waals surface area contributed by atoms with Crippen molar-refractivity contribution in [2.45, 2.75) is 45.4 Å². The van der Waals surface area contributed by atoms with Crippen LogP contribution < -0.4 is 4.57 Å². The molecule has 1 aliphatic rings. The van der Waals surface area contributed by atoms with E-state index in [9.17, 15) is 0 Å². The quantitative estimate of drug-likeness (QED) is 0.608. The zero-order valence-electron chi connectivity index (χ0n) is 15.8. The minimum Gasteiger partial charge on any atom is -0.264 e. The zero-order valence-corrected chi connectivity index (χ0v) is 14.8. The van der Waals surface area contributed by atoms with Gasteiger partial charge in [0.2, 0.25) is 5.69 Å². The van der Waals surface area contributed by atoms with Gasteiger partial charge in [0.1, 0.15) is 7.05 Å². The molecule has 2 heterocycles. The first-order valence-electron chi connectivity index (χ1n) is 9.41. The molecule has 1 fully saturated rings. The van der Waals surface area contributed by atoms with Crippen molar-refractivity contribution in [2.75, 3.05) is 0 Å². The van der Waals surface area contributed by atoms with E-state index in [-0.39, 0.29) is 0 Å². The summed E-state index contributed by atoms with van der Waals surface area (Å²) in [5.74, 6) is 0.668. The van der Waals surface area contributed by atoms with E-state index in [0.29, 0.717) is 12.0 Å². The number of pyridine rings is 2. The molecule has 2 aromatic heterocycles. The topological polar surface area (TPSA) is 16.8 Å². The van der Waals surface area contributed by atoms with Crippen LogP contribution in [0.15, 0.2) is 42.7 Å². The summed E-state index contributed by atoms with van der Waals surface area (Å²) in [5, 5.41) is 2.22. The van der Waals surface area contributed by atoms with Crippen molar-refractivity contribution < 1.29 is 5.94 Å². The maximum Gasteiger partial charge on any atom is 0.222 e. The molecule has 0 radical (unpaired) electrons. The van der Waals surface area contributed by atoms with Crippen molar-refractivity contribution in [1.29, 1.82) is 0 Å². The standard InChI is InChI=1S/C22H25N2/c1-15-10-11-23-14-21(15)22-20-9-8-18(17-6-4-5-7-17)13-19(20)12-16(2)24(22)3/h8-14,17H,4-7H2,1-3H3/q+1/i12D. The van der Waals surface area contributed by atoms with Gasteiger partial charge in [0.25, 0.3) is 0 Å². The van der Waals surface area contributed by atoms with Gasteiger partial charge in [-0.05, 0) is 54.3 Å². The molecular formula is C22H25N2+. The summed E-state index contributed by atoms with van der Waals surface area (Å²) >= 11 is 0. The Hall–Kier alpha value is -2.22. The van der Waals surface area contributed by atoms with Gasteiger partial charge in [-0.2, -0.15) is 4.57 Å². The summed E-state index contributed by atoms with van der Waals surface area (Å²) in [6.07, 6.45) is 9.02. The average molecular weight is 318 g/mol. The van der Waals surface area contributed by atoms with E-state index in [1.165, 1.54) is 36.8 Å². The highest BCUT2D eigenvalue weighted by Crippen LogP contribution is 2.36. The number of nitrogens with zero attached hydrogens (tertiary/aromatic N) is 2. The normalized spacial score (nSPS) is 15.9. The molecule has 0 spiro atoms. The Bertz CT molecular complexity index is 956. The van der Waals surface area contributed by atoms with E-state index in [4.69, 9.17) is 1.37 Å². The van der Waals surface area contributed by atoms with E-state index in [0.717, 1.165) is 27.7 Å². The van der Waals surface area contributed by atoms with Crippen molar-refractivity contribution in [3.05, 3.63) is 59.5 Å². The SMILES string of the molecule is [2H]c1c(C)[n+](C)c(-c2cnccc2C)c2ccc(C3CCCC3)cc12. The highest BCUT2D eigenvalue weighted by molar-refractivity contribution is 5.94. The summed E-state index contributed by atoms with van der Waals surface area (Å²) in [4.78, 5) is 4.34. The number of hydrogen-bond acceptors (Lipinski definition) is 1. The molecule has 1 aromatic carbocycles. The molecule has 0 N–H and O–H groups in total. The van der Waals surface area contributed by atoms with Crippen LogP contribution in [0.1, 0.15) is 49.8 Å². The molecule has 0 bridgehead atoms. The fourth-order valence-electron chi connectivity index (χ4n) is 4.05. The second kappa shape index (κ2) is 6.01. The Morgan fingerprint density at radius 1 is 1.17 bits per heavy atom. The lowest BCUT2D eigenvalue weighted by Gasteiger charge is -2.13. The Labute approximate surface area is 145 Å². The molecule has 1 saturated carbocycles. The van der Waals surface area contributed by atoms with E-state index in [2.05, 4.69) is 47.8 Å². The van der Waals surface area contributed by atoms with Gasteiger partial charge >= 0.3 is 0 Å². The third kappa shape index (κ3) is 2.50. The van der Waals surface area contributed by atoms with Gasteiger partial charge in [0.15, 0.2) is 5.69 Å². The van der Waals surface area contributed by atoms with Crippen LogP contribution in [0.3, 0.4) is 0 Å². The molecular weight excluding hydrogens is 292 g/mol. The number of hydrogen-bond donors (Lipinski definition) is 0. The van der Waals surface area contributed by atoms with Crippen molar-refractivity contribution in [3.8, 4) is 11.3 Å². The summed E-state index contributed by atoms with van der Waals surface area (Å²) < 4.78 is 10.8. The van der Waals surface area contributed by atoms with Crippen LogP contribution in [-0.4, -0.2) is 4.98 Å². The van der Waals surface area contributed by atoms with Crippen LogP contribution in [0.5, 0.6) is 0 Å². The number of aromatic nitrogens is 2. The first-order chi connectivity index (χ1) is 12.1. The van der Waals surface area contributed by atoms with E-state index >= 15 is 0 Å². The summed E-state index contributed by atoms with van der Waals surface area (Å²) in [6, 6.07) is 9.47. The van der Waals surface area contributed by atoms with Gasteiger partial charge in [-0.1, -0.05) is 25.0 Å². The van der Waals surface area contributed by atoms with Crippen molar-refractivity contribution in [3.63, 3.8) is 0 Å². The Kier molecular flexibility index (Phi) is 3.54. The van der Waals surface area contributed by atoms with Crippen LogP contribution in [0.2, 0.25) is 0 Å². The van der Waals surface area contributed by atoms with Gasteiger partial charge in [-0.3, -0.25) is 4.98 Å². The fraction of sp³-hybridized carbons (Fsp3) is 0.364. The summed E-state index contributed by atoms with van der Waals surface area (Å²) in [5.41, 5.74) is 5.91. The lowest BCUT2D eigenvalue weighted by atomic mass is 9.93. The number of fused-ring (bicyclic) bond motifs is 1. The van der Waals surface area contributed by atoms with Gasteiger partial charge < -0.3 is 0 Å². The average Bonchev–Trinajstić information content (AvgIpc) is 3.16. The lowest BCUT2D eigenvalue weighted by Crippen LogP contribution is -2.35. The molecule has 0 unspecified atom stereocenters. The maximum absolute atomic E-state index is 8.67. The molecule has 3 aromatic rings. The Balaban J connectivity index is 2.01. The third-order valence-electron chi connectivity index (χ3n) is 5.57. The third-order valence-corrected chi connectivity index (χ3v) is 5.57. The van der Waals surface area contributed by atoms with Gasteiger partial charge in [0, 0.05) is 25.4 Å². The highest BCUT2D eigenvalue weighted by Gasteiger charge is 2.22. The van der Waals surface area contributed by atoms with Crippen molar-refractivity contribution in [1.82, 2.24) is 4.98 Å². The zero-order chi connectivity index (χ0) is 17.6. The lowest BCUT2D eigenvalue weighted by molar-refractivity contribution is -0.665. The summed E-state index contributed by atoms with van der Waals surface area (Å²) in [7, 11) is 2.06. The number of aryl methyl sites for hydroxylation is 1. The molecule has 0 saturated heterocycles. The second-order valence-corrected chi connectivity index (χ2v) is 7.10. The smallest absolute Gasteiger partial charge is 0.222 e. The molecule has 0 aliphatic heterocycles. The molecule has 24 heavy (non-hydrogen) atoms. The maximum atomic E-state index is 8.67. The molecule has 122 valence electrons. The molecule has 4 rings (SSSR count). The summed E-state index contributed by atoms with van der Waals surface area (Å²) in [6.45, 7) is 4.17.